The lowest BCUT2D eigenvalue weighted by Gasteiger charge is -2.47. The zero-order valence-electron chi connectivity index (χ0n) is 8.63. The van der Waals surface area contributed by atoms with Gasteiger partial charge in [-0.3, -0.25) is 0 Å². The van der Waals surface area contributed by atoms with Gasteiger partial charge in [0.05, 0.1) is 6.10 Å². The van der Waals surface area contributed by atoms with Crippen LogP contribution in [-0.2, 0) is 0 Å². The van der Waals surface area contributed by atoms with E-state index >= 15 is 0 Å². The van der Waals surface area contributed by atoms with E-state index in [1.807, 2.05) is 0 Å². The quantitative estimate of drug-likeness (QED) is 0.617. The predicted molar refractivity (Wildman–Crippen MR) is 53.6 cm³/mol. The standard InChI is InChI=1S/C11H21NO/c1-12-8-4-7-11(9-12)6-3-2-5-10(11)13/h10,13H,2-9H2,1H3. The number of hydrogen-bond donors (Lipinski definition) is 1. The average Bonchev–Trinajstić information content (AvgIpc) is 2.11. The number of rotatable bonds is 0. The maximum absolute atomic E-state index is 10.1. The topological polar surface area (TPSA) is 23.5 Å². The molecule has 0 aromatic carbocycles. The Bertz CT molecular complexity index is 179. The first-order chi connectivity index (χ1) is 6.23. The summed E-state index contributed by atoms with van der Waals surface area (Å²) in [6.45, 7) is 2.34. The first kappa shape index (κ1) is 9.47. The summed E-state index contributed by atoms with van der Waals surface area (Å²) >= 11 is 0. The van der Waals surface area contributed by atoms with Crippen LogP contribution in [0, 0.1) is 5.41 Å². The summed E-state index contributed by atoms with van der Waals surface area (Å²) in [5, 5.41) is 10.1. The first-order valence-electron chi connectivity index (χ1n) is 5.60. The molecule has 2 atom stereocenters. The Kier molecular flexibility index (Phi) is 2.61. The Labute approximate surface area is 80.9 Å². The van der Waals surface area contributed by atoms with Crippen LogP contribution < -0.4 is 0 Å². The van der Waals surface area contributed by atoms with Gasteiger partial charge in [-0.1, -0.05) is 12.8 Å². The van der Waals surface area contributed by atoms with Crippen LogP contribution in [0.3, 0.4) is 0 Å². The van der Waals surface area contributed by atoms with E-state index in [9.17, 15) is 5.11 Å². The fourth-order valence-corrected chi connectivity index (χ4v) is 3.16. The van der Waals surface area contributed by atoms with Gasteiger partial charge >= 0.3 is 0 Å². The maximum Gasteiger partial charge on any atom is 0.0608 e. The van der Waals surface area contributed by atoms with Crippen molar-refractivity contribution in [2.75, 3.05) is 20.1 Å². The summed E-state index contributed by atoms with van der Waals surface area (Å²) in [5.74, 6) is 0. The normalized spacial score (nSPS) is 42.5. The molecule has 1 saturated heterocycles. The number of piperidine rings is 1. The number of aliphatic hydroxyl groups excluding tert-OH is 1. The molecule has 0 amide bonds. The second-order valence-electron chi connectivity index (χ2n) is 4.97. The molecular formula is C11H21NO. The fourth-order valence-electron chi connectivity index (χ4n) is 3.16. The van der Waals surface area contributed by atoms with E-state index in [1.54, 1.807) is 0 Å². The molecule has 2 nitrogen and oxygen atoms in total. The van der Waals surface area contributed by atoms with Crippen molar-refractivity contribution < 1.29 is 5.11 Å². The monoisotopic (exact) mass is 183 g/mol. The summed E-state index contributed by atoms with van der Waals surface area (Å²) in [7, 11) is 2.18. The summed E-state index contributed by atoms with van der Waals surface area (Å²) in [4.78, 5) is 2.39. The molecule has 2 unspecified atom stereocenters. The molecule has 1 saturated carbocycles. The highest BCUT2D eigenvalue weighted by atomic mass is 16.3. The third-order valence-corrected chi connectivity index (χ3v) is 3.91. The maximum atomic E-state index is 10.1. The molecule has 1 N–H and O–H groups in total. The van der Waals surface area contributed by atoms with E-state index in [4.69, 9.17) is 0 Å². The number of aliphatic hydroxyl groups is 1. The molecule has 1 heterocycles. The molecule has 0 aromatic heterocycles. The van der Waals surface area contributed by atoms with Crippen molar-refractivity contribution in [1.82, 2.24) is 4.90 Å². The van der Waals surface area contributed by atoms with Crippen LogP contribution in [0.25, 0.3) is 0 Å². The van der Waals surface area contributed by atoms with Crippen LogP contribution in [0.5, 0.6) is 0 Å². The number of likely N-dealkylation sites (tertiary alicyclic amines) is 1. The Morgan fingerprint density at radius 1 is 1.23 bits per heavy atom. The third-order valence-electron chi connectivity index (χ3n) is 3.91. The van der Waals surface area contributed by atoms with Gasteiger partial charge in [0.2, 0.25) is 0 Å². The van der Waals surface area contributed by atoms with Gasteiger partial charge in [0.25, 0.3) is 0 Å². The van der Waals surface area contributed by atoms with Crippen molar-refractivity contribution in [3.8, 4) is 0 Å². The minimum atomic E-state index is -0.0241. The van der Waals surface area contributed by atoms with Crippen molar-refractivity contribution in [3.63, 3.8) is 0 Å². The van der Waals surface area contributed by atoms with E-state index in [1.165, 1.54) is 38.6 Å². The second kappa shape index (κ2) is 3.58. The highest BCUT2D eigenvalue weighted by Crippen LogP contribution is 2.42. The molecule has 2 fully saturated rings. The van der Waals surface area contributed by atoms with Gasteiger partial charge in [-0.25, -0.2) is 0 Å². The van der Waals surface area contributed by atoms with E-state index in [2.05, 4.69) is 11.9 Å². The highest BCUT2D eigenvalue weighted by molar-refractivity contribution is 4.94. The molecule has 0 aromatic rings. The number of nitrogens with zero attached hydrogens (tertiary/aromatic N) is 1. The Hall–Kier alpha value is -0.0800. The molecule has 2 rings (SSSR count). The van der Waals surface area contributed by atoms with Crippen molar-refractivity contribution in [2.45, 2.75) is 44.6 Å². The molecule has 13 heavy (non-hydrogen) atoms. The lowest BCUT2D eigenvalue weighted by molar-refractivity contribution is -0.0540. The minimum absolute atomic E-state index is 0.0241. The Balaban J connectivity index is 2.07. The zero-order chi connectivity index (χ0) is 9.31. The lowest BCUT2D eigenvalue weighted by Crippen LogP contribution is -2.49. The first-order valence-corrected chi connectivity index (χ1v) is 5.60. The highest BCUT2D eigenvalue weighted by Gasteiger charge is 2.41. The largest absolute Gasteiger partial charge is 0.393 e. The van der Waals surface area contributed by atoms with Gasteiger partial charge in [-0.15, -0.1) is 0 Å². The Morgan fingerprint density at radius 2 is 2.00 bits per heavy atom. The van der Waals surface area contributed by atoms with Gasteiger partial charge in [0.15, 0.2) is 0 Å². The fraction of sp³-hybridized carbons (Fsp3) is 1.00. The summed E-state index contributed by atoms with van der Waals surface area (Å²) in [6, 6.07) is 0. The van der Waals surface area contributed by atoms with Crippen LogP contribution in [0.1, 0.15) is 38.5 Å². The molecule has 1 spiro atoms. The smallest absolute Gasteiger partial charge is 0.0608 e. The summed E-state index contributed by atoms with van der Waals surface area (Å²) in [6.07, 6.45) is 7.33. The molecule has 0 bridgehead atoms. The molecule has 1 aliphatic heterocycles. The van der Waals surface area contributed by atoms with Crippen molar-refractivity contribution >= 4 is 0 Å². The van der Waals surface area contributed by atoms with E-state index in [0.29, 0.717) is 0 Å². The molecule has 2 heteroatoms. The van der Waals surface area contributed by atoms with E-state index in [0.717, 1.165) is 13.0 Å². The SMILES string of the molecule is CN1CCCC2(CCCCC2O)C1. The van der Waals surface area contributed by atoms with Crippen LogP contribution in [0.4, 0.5) is 0 Å². The van der Waals surface area contributed by atoms with Gasteiger partial charge in [-0.2, -0.15) is 0 Å². The summed E-state index contributed by atoms with van der Waals surface area (Å²) < 4.78 is 0. The molecule has 2 aliphatic rings. The molecular weight excluding hydrogens is 162 g/mol. The average molecular weight is 183 g/mol. The molecule has 76 valence electrons. The van der Waals surface area contributed by atoms with Gasteiger partial charge in [0, 0.05) is 12.0 Å². The Morgan fingerprint density at radius 3 is 2.69 bits per heavy atom. The van der Waals surface area contributed by atoms with Crippen LogP contribution in [0.2, 0.25) is 0 Å². The van der Waals surface area contributed by atoms with Crippen LogP contribution in [0.15, 0.2) is 0 Å². The second-order valence-corrected chi connectivity index (χ2v) is 4.97. The van der Waals surface area contributed by atoms with E-state index < -0.39 is 0 Å². The summed E-state index contributed by atoms with van der Waals surface area (Å²) in [5.41, 5.74) is 0.269. The van der Waals surface area contributed by atoms with Crippen molar-refractivity contribution in [3.05, 3.63) is 0 Å². The third kappa shape index (κ3) is 1.75. The molecule has 1 aliphatic carbocycles. The predicted octanol–water partition coefficient (Wildman–Crippen LogP) is 1.63. The van der Waals surface area contributed by atoms with Gasteiger partial charge in [-0.05, 0) is 39.3 Å². The molecule has 0 radical (unpaired) electrons. The van der Waals surface area contributed by atoms with Gasteiger partial charge < -0.3 is 10.0 Å². The lowest BCUT2D eigenvalue weighted by atomic mass is 9.67. The van der Waals surface area contributed by atoms with Crippen molar-refractivity contribution in [2.24, 2.45) is 5.41 Å². The minimum Gasteiger partial charge on any atom is -0.393 e. The van der Waals surface area contributed by atoms with E-state index in [-0.39, 0.29) is 11.5 Å². The van der Waals surface area contributed by atoms with Crippen LogP contribution >= 0.6 is 0 Å². The van der Waals surface area contributed by atoms with Crippen LogP contribution in [-0.4, -0.2) is 36.2 Å². The van der Waals surface area contributed by atoms with Crippen molar-refractivity contribution in [1.29, 1.82) is 0 Å². The number of hydrogen-bond acceptors (Lipinski definition) is 2. The van der Waals surface area contributed by atoms with Gasteiger partial charge in [0.1, 0.15) is 0 Å². The zero-order valence-corrected chi connectivity index (χ0v) is 8.63.